The Bertz CT molecular complexity index is 1040. The molecule has 3 saturated heterocycles. The average Bonchev–Trinajstić information content (AvgIpc) is 3.04. The Labute approximate surface area is 208 Å². The van der Waals surface area contributed by atoms with E-state index in [2.05, 4.69) is 0 Å². The lowest BCUT2D eigenvalue weighted by atomic mass is 9.70. The van der Waals surface area contributed by atoms with Gasteiger partial charge in [0.05, 0.1) is 16.8 Å². The average molecular weight is 477 g/mol. The summed E-state index contributed by atoms with van der Waals surface area (Å²) >= 11 is 0. The first kappa shape index (κ1) is 24.4. The monoisotopic (exact) mass is 477 g/mol. The van der Waals surface area contributed by atoms with Crippen LogP contribution < -0.4 is 5.46 Å². The van der Waals surface area contributed by atoms with Crippen LogP contribution in [-0.2, 0) is 26.3 Å². The van der Waals surface area contributed by atoms with E-state index < -0.39 is 23.9 Å². The van der Waals surface area contributed by atoms with Gasteiger partial charge in [0.1, 0.15) is 6.61 Å². The lowest BCUT2D eigenvalue weighted by Gasteiger charge is -2.51. The van der Waals surface area contributed by atoms with Crippen LogP contribution >= 0.6 is 0 Å². The van der Waals surface area contributed by atoms with Crippen LogP contribution in [0.3, 0.4) is 0 Å². The SMILES string of the molecule is CC1(C)OB(c2cccc(C3(O)CC4CCCC(C3)N4C(=O)OCc3ccccc3)c2)OC1(C)C. The lowest BCUT2D eigenvalue weighted by Crippen LogP contribution is -2.59. The molecular formula is C28H36BNO5. The van der Waals surface area contributed by atoms with Crippen molar-refractivity contribution in [1.29, 1.82) is 0 Å². The van der Waals surface area contributed by atoms with Crippen LogP contribution in [0, 0.1) is 0 Å². The number of rotatable bonds is 4. The molecule has 0 spiro atoms. The maximum Gasteiger partial charge on any atom is 0.494 e. The highest BCUT2D eigenvalue weighted by Gasteiger charge is 2.52. The molecule has 186 valence electrons. The second-order valence-corrected chi connectivity index (χ2v) is 11.3. The fourth-order valence-electron chi connectivity index (χ4n) is 5.71. The normalized spacial score (nSPS) is 29.2. The second-order valence-electron chi connectivity index (χ2n) is 11.3. The summed E-state index contributed by atoms with van der Waals surface area (Å²) in [4.78, 5) is 15.0. The smallest absolute Gasteiger partial charge is 0.445 e. The van der Waals surface area contributed by atoms with Crippen LogP contribution in [0.2, 0.25) is 0 Å². The maximum absolute atomic E-state index is 13.1. The zero-order chi connectivity index (χ0) is 24.8. The van der Waals surface area contributed by atoms with Gasteiger partial charge in [-0.05, 0) is 63.5 Å². The quantitative estimate of drug-likeness (QED) is 0.656. The fourth-order valence-corrected chi connectivity index (χ4v) is 5.71. The molecule has 3 aliphatic rings. The predicted molar refractivity (Wildman–Crippen MR) is 135 cm³/mol. The van der Waals surface area contributed by atoms with Crippen molar-refractivity contribution in [2.24, 2.45) is 0 Å². The molecule has 1 amide bonds. The molecule has 0 saturated carbocycles. The number of amides is 1. The van der Waals surface area contributed by atoms with Gasteiger partial charge in [-0.15, -0.1) is 0 Å². The van der Waals surface area contributed by atoms with Gasteiger partial charge in [-0.25, -0.2) is 4.79 Å². The van der Waals surface area contributed by atoms with Crippen molar-refractivity contribution in [2.45, 2.75) is 95.3 Å². The highest BCUT2D eigenvalue weighted by atomic mass is 16.7. The highest BCUT2D eigenvalue weighted by molar-refractivity contribution is 6.62. The first-order valence-electron chi connectivity index (χ1n) is 12.8. The minimum absolute atomic E-state index is 0.0451. The highest BCUT2D eigenvalue weighted by Crippen LogP contribution is 2.45. The molecule has 3 aliphatic heterocycles. The largest absolute Gasteiger partial charge is 0.494 e. The number of benzene rings is 2. The molecule has 2 aromatic rings. The van der Waals surface area contributed by atoms with E-state index in [1.165, 1.54) is 0 Å². The Morgan fingerprint density at radius 3 is 2.26 bits per heavy atom. The van der Waals surface area contributed by atoms with Gasteiger partial charge in [0.15, 0.2) is 0 Å². The molecule has 2 atom stereocenters. The summed E-state index contributed by atoms with van der Waals surface area (Å²) in [5.41, 5.74) is 0.883. The summed E-state index contributed by atoms with van der Waals surface area (Å²) in [7, 11) is -0.476. The summed E-state index contributed by atoms with van der Waals surface area (Å²) in [6.45, 7) is 8.42. The van der Waals surface area contributed by atoms with E-state index in [9.17, 15) is 9.90 Å². The third-order valence-electron chi connectivity index (χ3n) is 8.37. The minimum atomic E-state index is -1.01. The Kier molecular flexibility index (Phi) is 6.23. The topological polar surface area (TPSA) is 68.2 Å². The number of hydrogen-bond acceptors (Lipinski definition) is 5. The second kappa shape index (κ2) is 8.95. The summed E-state index contributed by atoms with van der Waals surface area (Å²) in [6.07, 6.45) is 3.51. The molecule has 35 heavy (non-hydrogen) atoms. The number of piperidine rings is 2. The number of carbonyl (C=O) groups excluding carboxylic acids is 1. The van der Waals surface area contributed by atoms with Crippen molar-refractivity contribution in [1.82, 2.24) is 4.90 Å². The van der Waals surface area contributed by atoms with Gasteiger partial charge >= 0.3 is 13.2 Å². The number of carbonyl (C=O) groups is 1. The third kappa shape index (κ3) is 4.62. The number of aliphatic hydroxyl groups is 1. The Balaban J connectivity index is 1.32. The number of nitrogens with zero attached hydrogens (tertiary/aromatic N) is 1. The van der Waals surface area contributed by atoms with Gasteiger partial charge in [0.2, 0.25) is 0 Å². The van der Waals surface area contributed by atoms with Crippen LogP contribution in [0.25, 0.3) is 0 Å². The Hall–Kier alpha value is -2.35. The summed E-state index contributed by atoms with van der Waals surface area (Å²) in [5.74, 6) is 0. The van der Waals surface area contributed by atoms with Gasteiger partial charge in [-0.3, -0.25) is 0 Å². The Morgan fingerprint density at radius 2 is 1.63 bits per heavy atom. The molecule has 2 bridgehead atoms. The van der Waals surface area contributed by atoms with Crippen LogP contribution in [0.4, 0.5) is 4.79 Å². The molecule has 2 unspecified atom stereocenters. The van der Waals surface area contributed by atoms with Crippen molar-refractivity contribution in [3.63, 3.8) is 0 Å². The van der Waals surface area contributed by atoms with E-state index in [1.54, 1.807) is 0 Å². The molecular weight excluding hydrogens is 441 g/mol. The molecule has 2 aromatic carbocycles. The number of fused-ring (bicyclic) bond motifs is 2. The van der Waals surface area contributed by atoms with Crippen molar-refractivity contribution in [2.75, 3.05) is 0 Å². The maximum atomic E-state index is 13.1. The van der Waals surface area contributed by atoms with E-state index in [-0.39, 0.29) is 24.8 Å². The fraction of sp³-hybridized carbons (Fsp3) is 0.536. The molecule has 6 nitrogen and oxygen atoms in total. The number of ether oxygens (including phenoxy) is 1. The van der Waals surface area contributed by atoms with Crippen molar-refractivity contribution >= 4 is 18.7 Å². The minimum Gasteiger partial charge on any atom is -0.445 e. The van der Waals surface area contributed by atoms with Crippen LogP contribution in [0.5, 0.6) is 0 Å². The van der Waals surface area contributed by atoms with Gasteiger partial charge in [-0.1, -0.05) is 54.6 Å². The van der Waals surface area contributed by atoms with E-state index in [4.69, 9.17) is 14.0 Å². The Morgan fingerprint density at radius 1 is 1.00 bits per heavy atom. The van der Waals surface area contributed by atoms with Gasteiger partial charge in [0, 0.05) is 24.9 Å². The molecule has 3 heterocycles. The summed E-state index contributed by atoms with van der Waals surface area (Å²) in [6, 6.07) is 17.6. The van der Waals surface area contributed by atoms with Gasteiger partial charge in [-0.2, -0.15) is 0 Å². The third-order valence-corrected chi connectivity index (χ3v) is 8.37. The van der Waals surface area contributed by atoms with Gasteiger partial charge in [0.25, 0.3) is 0 Å². The van der Waals surface area contributed by atoms with Crippen LogP contribution in [0.1, 0.15) is 70.9 Å². The first-order chi connectivity index (χ1) is 16.6. The molecule has 3 fully saturated rings. The summed E-state index contributed by atoms with van der Waals surface area (Å²) in [5, 5.41) is 11.9. The standard InChI is InChI=1S/C28H36BNO5/c1-26(2)27(3,4)35-29(34-26)22-13-8-12-21(16-22)28(32)17-23-14-9-15-24(18-28)30(23)25(31)33-19-20-10-6-5-7-11-20/h5-8,10-13,16,23-24,32H,9,14-15,17-19H2,1-4H3. The molecule has 0 aliphatic carbocycles. The molecule has 0 aromatic heterocycles. The van der Waals surface area contributed by atoms with E-state index in [0.29, 0.717) is 12.8 Å². The van der Waals surface area contributed by atoms with E-state index >= 15 is 0 Å². The molecule has 5 rings (SSSR count). The molecule has 0 radical (unpaired) electrons. The zero-order valence-electron chi connectivity index (χ0n) is 21.2. The molecule has 1 N–H and O–H groups in total. The van der Waals surface area contributed by atoms with Crippen molar-refractivity contribution < 1.29 is 23.9 Å². The van der Waals surface area contributed by atoms with Crippen molar-refractivity contribution in [3.05, 3.63) is 65.7 Å². The van der Waals surface area contributed by atoms with Crippen LogP contribution in [-0.4, -0.2) is 46.5 Å². The van der Waals surface area contributed by atoms with E-state index in [0.717, 1.165) is 35.9 Å². The van der Waals surface area contributed by atoms with Gasteiger partial charge < -0.3 is 24.1 Å². The lowest BCUT2D eigenvalue weighted by molar-refractivity contribution is -0.0896. The number of hydrogen-bond donors (Lipinski definition) is 1. The predicted octanol–water partition coefficient (Wildman–Crippen LogP) is 4.53. The van der Waals surface area contributed by atoms with E-state index in [1.807, 2.05) is 87.2 Å². The first-order valence-corrected chi connectivity index (χ1v) is 12.8. The zero-order valence-corrected chi connectivity index (χ0v) is 21.2. The van der Waals surface area contributed by atoms with Crippen molar-refractivity contribution in [3.8, 4) is 0 Å². The summed E-state index contributed by atoms with van der Waals surface area (Å²) < 4.78 is 18.2. The van der Waals surface area contributed by atoms with Crippen LogP contribution in [0.15, 0.2) is 54.6 Å². The molecule has 7 heteroatoms.